The Balaban J connectivity index is 1.21. The van der Waals surface area contributed by atoms with Crippen LogP contribution in [0.2, 0.25) is 0 Å². The van der Waals surface area contributed by atoms with Gasteiger partial charge in [-0.05, 0) is 55.9 Å². The fourth-order valence-electron chi connectivity index (χ4n) is 6.81. The van der Waals surface area contributed by atoms with E-state index in [2.05, 4.69) is 102 Å². The van der Waals surface area contributed by atoms with E-state index in [9.17, 15) is 0 Å². The normalized spacial score (nSPS) is 11.2. The molecule has 7 aromatic carbocycles. The van der Waals surface area contributed by atoms with Crippen LogP contribution in [-0.2, 0) is 0 Å². The van der Waals surface area contributed by atoms with Crippen LogP contribution in [0.1, 0.15) is 0 Å². The van der Waals surface area contributed by atoms with E-state index < -0.39 is 0 Å². The molecule has 234 valence electrons. The van der Waals surface area contributed by atoms with Gasteiger partial charge in [0.1, 0.15) is 0 Å². The summed E-state index contributed by atoms with van der Waals surface area (Å²) in [5.41, 5.74) is 9.56. The molecule has 2 aromatic heterocycles. The molecule has 4 heteroatoms. The Morgan fingerprint density at radius 3 is 1.06 bits per heavy atom. The summed E-state index contributed by atoms with van der Waals surface area (Å²) in [6, 6.07) is 61.1. The predicted molar refractivity (Wildman–Crippen MR) is 205 cm³/mol. The summed E-state index contributed by atoms with van der Waals surface area (Å²) < 4.78 is 0. The highest BCUT2D eigenvalue weighted by atomic mass is 15.0. The SMILES string of the molecule is c1ccc(-c2nc(-c3ccccc3)nc(-c3ccc(-c4c(-c5ccc(-c6ccccn6)cc5)c5ccccc5c5ccccc45)cc3)n2)cc1. The van der Waals surface area contributed by atoms with Crippen molar-refractivity contribution in [3.63, 3.8) is 0 Å². The van der Waals surface area contributed by atoms with E-state index in [0.717, 1.165) is 39.1 Å². The average Bonchev–Trinajstić information content (AvgIpc) is 3.21. The molecule has 0 spiro atoms. The maximum Gasteiger partial charge on any atom is 0.164 e. The second-order valence-electron chi connectivity index (χ2n) is 12.2. The Labute approximate surface area is 290 Å². The van der Waals surface area contributed by atoms with Crippen molar-refractivity contribution < 1.29 is 0 Å². The van der Waals surface area contributed by atoms with Crippen molar-refractivity contribution in [2.75, 3.05) is 0 Å². The third kappa shape index (κ3) is 5.39. The van der Waals surface area contributed by atoms with Crippen LogP contribution in [0.5, 0.6) is 0 Å². The Kier molecular flexibility index (Phi) is 7.45. The van der Waals surface area contributed by atoms with E-state index in [1.165, 1.54) is 32.7 Å². The average molecular weight is 639 g/mol. The molecule has 4 nitrogen and oxygen atoms in total. The largest absolute Gasteiger partial charge is 0.256 e. The van der Waals surface area contributed by atoms with Gasteiger partial charge in [0.15, 0.2) is 17.5 Å². The van der Waals surface area contributed by atoms with Gasteiger partial charge in [0.2, 0.25) is 0 Å². The van der Waals surface area contributed by atoms with E-state index in [-0.39, 0.29) is 0 Å². The van der Waals surface area contributed by atoms with Crippen LogP contribution in [0, 0.1) is 0 Å². The van der Waals surface area contributed by atoms with Crippen LogP contribution < -0.4 is 0 Å². The van der Waals surface area contributed by atoms with Crippen LogP contribution in [0.15, 0.2) is 182 Å². The van der Waals surface area contributed by atoms with Gasteiger partial charge in [0, 0.05) is 28.5 Å². The molecule has 0 fully saturated rings. The van der Waals surface area contributed by atoms with Gasteiger partial charge in [-0.25, -0.2) is 15.0 Å². The lowest BCUT2D eigenvalue weighted by Gasteiger charge is -2.19. The van der Waals surface area contributed by atoms with Gasteiger partial charge in [0.05, 0.1) is 5.69 Å². The van der Waals surface area contributed by atoms with Crippen LogP contribution in [0.3, 0.4) is 0 Å². The first-order chi connectivity index (χ1) is 24.8. The topological polar surface area (TPSA) is 51.6 Å². The van der Waals surface area contributed by atoms with Gasteiger partial charge in [-0.15, -0.1) is 0 Å². The van der Waals surface area contributed by atoms with Crippen molar-refractivity contribution in [2.45, 2.75) is 0 Å². The van der Waals surface area contributed by atoms with Crippen molar-refractivity contribution in [3.05, 3.63) is 182 Å². The number of benzene rings is 7. The number of nitrogens with zero attached hydrogens (tertiary/aromatic N) is 4. The molecule has 0 amide bonds. The van der Waals surface area contributed by atoms with Gasteiger partial charge in [-0.2, -0.15) is 0 Å². The fraction of sp³-hybridized carbons (Fsp3) is 0. The van der Waals surface area contributed by atoms with Crippen molar-refractivity contribution in [2.24, 2.45) is 0 Å². The molecule has 0 saturated carbocycles. The molecule has 0 bridgehead atoms. The third-order valence-electron chi connectivity index (χ3n) is 9.20. The summed E-state index contributed by atoms with van der Waals surface area (Å²) in [6.45, 7) is 0. The first-order valence-corrected chi connectivity index (χ1v) is 16.7. The van der Waals surface area contributed by atoms with Crippen molar-refractivity contribution in [3.8, 4) is 67.7 Å². The minimum absolute atomic E-state index is 0.637. The number of hydrogen-bond donors (Lipinski definition) is 0. The summed E-state index contributed by atoms with van der Waals surface area (Å²) in [5, 5.41) is 4.89. The molecular weight excluding hydrogens is 609 g/mol. The van der Waals surface area contributed by atoms with Gasteiger partial charge in [-0.3, -0.25) is 4.98 Å². The molecule has 0 aliphatic heterocycles. The number of hydrogen-bond acceptors (Lipinski definition) is 4. The summed E-state index contributed by atoms with van der Waals surface area (Å²) in [6.07, 6.45) is 1.84. The number of rotatable bonds is 6. The molecule has 0 unspecified atom stereocenters. The highest BCUT2D eigenvalue weighted by molar-refractivity contribution is 6.21. The van der Waals surface area contributed by atoms with Crippen LogP contribution in [0.4, 0.5) is 0 Å². The van der Waals surface area contributed by atoms with E-state index >= 15 is 0 Å². The minimum atomic E-state index is 0.637. The van der Waals surface area contributed by atoms with E-state index in [1.807, 2.05) is 85.1 Å². The van der Waals surface area contributed by atoms with Crippen LogP contribution >= 0.6 is 0 Å². The molecule has 9 rings (SSSR count). The second-order valence-corrected chi connectivity index (χ2v) is 12.2. The van der Waals surface area contributed by atoms with E-state index in [0.29, 0.717) is 17.5 Å². The Hall–Kier alpha value is -6.78. The monoisotopic (exact) mass is 638 g/mol. The Morgan fingerprint density at radius 2 is 0.620 bits per heavy atom. The summed E-state index contributed by atoms with van der Waals surface area (Å²) in [5.74, 6) is 1.93. The van der Waals surface area contributed by atoms with Crippen LogP contribution in [-0.4, -0.2) is 19.9 Å². The molecule has 0 N–H and O–H groups in total. The molecule has 50 heavy (non-hydrogen) atoms. The molecule has 9 aromatic rings. The lowest BCUT2D eigenvalue weighted by Crippen LogP contribution is -2.00. The van der Waals surface area contributed by atoms with E-state index in [1.54, 1.807) is 0 Å². The highest BCUT2D eigenvalue weighted by Crippen LogP contribution is 2.45. The predicted octanol–water partition coefficient (Wildman–Crippen LogP) is 11.6. The summed E-state index contributed by atoms with van der Waals surface area (Å²) >= 11 is 0. The fourth-order valence-corrected chi connectivity index (χ4v) is 6.81. The standard InChI is InChI=1S/C46H30N4/c1-3-13-34(14-4-1)44-48-45(35-15-5-2-6-16-35)50-46(49-44)36-28-26-33(27-29-36)43-40-20-10-8-18-38(40)37-17-7-9-19-39(37)42(43)32-24-22-31(23-25-32)41-21-11-12-30-47-41/h1-30H. The zero-order valence-corrected chi connectivity index (χ0v) is 27.1. The molecule has 2 heterocycles. The zero-order valence-electron chi connectivity index (χ0n) is 27.1. The molecular formula is C46H30N4. The van der Waals surface area contributed by atoms with Crippen molar-refractivity contribution >= 4 is 21.5 Å². The van der Waals surface area contributed by atoms with Crippen LogP contribution in [0.25, 0.3) is 89.2 Å². The Morgan fingerprint density at radius 1 is 0.260 bits per heavy atom. The zero-order chi connectivity index (χ0) is 33.3. The minimum Gasteiger partial charge on any atom is -0.256 e. The maximum absolute atomic E-state index is 4.96. The second kappa shape index (κ2) is 12.7. The van der Waals surface area contributed by atoms with Crippen molar-refractivity contribution in [1.82, 2.24) is 19.9 Å². The van der Waals surface area contributed by atoms with Crippen molar-refractivity contribution in [1.29, 1.82) is 0 Å². The third-order valence-corrected chi connectivity index (χ3v) is 9.20. The molecule has 0 radical (unpaired) electrons. The number of aromatic nitrogens is 4. The highest BCUT2D eigenvalue weighted by Gasteiger charge is 2.18. The molecule has 0 aliphatic carbocycles. The molecule has 0 aliphatic rings. The summed E-state index contributed by atoms with van der Waals surface area (Å²) in [7, 11) is 0. The van der Waals surface area contributed by atoms with Gasteiger partial charge < -0.3 is 0 Å². The smallest absolute Gasteiger partial charge is 0.164 e. The number of pyridine rings is 1. The first kappa shape index (κ1) is 29.4. The lowest BCUT2D eigenvalue weighted by atomic mass is 9.84. The quantitative estimate of drug-likeness (QED) is 0.170. The lowest BCUT2D eigenvalue weighted by molar-refractivity contribution is 1.07. The first-order valence-electron chi connectivity index (χ1n) is 16.7. The van der Waals surface area contributed by atoms with Gasteiger partial charge >= 0.3 is 0 Å². The molecule has 0 atom stereocenters. The van der Waals surface area contributed by atoms with Gasteiger partial charge in [-0.1, -0.05) is 164 Å². The molecule has 0 saturated heterocycles. The Bertz CT molecular complexity index is 2540. The van der Waals surface area contributed by atoms with Gasteiger partial charge in [0.25, 0.3) is 0 Å². The maximum atomic E-state index is 4.96. The number of fused-ring (bicyclic) bond motifs is 3. The summed E-state index contributed by atoms with van der Waals surface area (Å²) in [4.78, 5) is 19.4. The van der Waals surface area contributed by atoms with E-state index in [4.69, 9.17) is 15.0 Å².